The molecule has 2 atom stereocenters. The standard InChI is InChI=1S/C23H35NO/c1-4-6-8-9-10-11-12-16-20-23(25)24(21(3)17-7-5-2)22-18-14-13-15-19-22/h4-5,7,13-15,17-18,22-23,25H,1-3,6,8-12,16,19-20H2/b17-7-. The summed E-state index contributed by atoms with van der Waals surface area (Å²) in [5.41, 5.74) is 0.835. The van der Waals surface area contributed by atoms with Crippen LogP contribution in [0.2, 0.25) is 0 Å². The molecule has 1 aliphatic rings. The molecule has 0 bridgehead atoms. The van der Waals surface area contributed by atoms with Crippen molar-refractivity contribution in [1.82, 2.24) is 4.90 Å². The van der Waals surface area contributed by atoms with E-state index in [4.69, 9.17) is 0 Å². The van der Waals surface area contributed by atoms with Crippen LogP contribution in [-0.4, -0.2) is 22.3 Å². The highest BCUT2D eigenvalue weighted by molar-refractivity contribution is 5.23. The molecule has 1 rings (SSSR count). The molecular weight excluding hydrogens is 306 g/mol. The Bertz CT molecular complexity index is 486. The Hall–Kier alpha value is -1.80. The number of rotatable bonds is 14. The first-order valence-corrected chi connectivity index (χ1v) is 9.59. The van der Waals surface area contributed by atoms with Crippen LogP contribution >= 0.6 is 0 Å². The van der Waals surface area contributed by atoms with E-state index in [2.05, 4.69) is 38.0 Å². The van der Waals surface area contributed by atoms with Crippen LogP contribution < -0.4 is 0 Å². The van der Waals surface area contributed by atoms with Gasteiger partial charge in [0.05, 0.1) is 6.04 Å². The van der Waals surface area contributed by atoms with Gasteiger partial charge >= 0.3 is 0 Å². The first-order chi connectivity index (χ1) is 12.2. The third-order valence-electron chi connectivity index (χ3n) is 4.51. The van der Waals surface area contributed by atoms with Crippen LogP contribution in [-0.2, 0) is 0 Å². The molecule has 1 aliphatic carbocycles. The fraction of sp³-hybridized carbons (Fsp3) is 0.478. The molecule has 2 heteroatoms. The lowest BCUT2D eigenvalue weighted by Gasteiger charge is -2.36. The van der Waals surface area contributed by atoms with Crippen molar-refractivity contribution >= 4 is 0 Å². The van der Waals surface area contributed by atoms with E-state index >= 15 is 0 Å². The van der Waals surface area contributed by atoms with E-state index in [0.29, 0.717) is 0 Å². The van der Waals surface area contributed by atoms with Gasteiger partial charge in [0.2, 0.25) is 0 Å². The van der Waals surface area contributed by atoms with Gasteiger partial charge in [0.15, 0.2) is 0 Å². The topological polar surface area (TPSA) is 23.5 Å². The highest BCUT2D eigenvalue weighted by atomic mass is 16.3. The molecule has 0 aliphatic heterocycles. The van der Waals surface area contributed by atoms with Gasteiger partial charge in [-0.2, -0.15) is 0 Å². The smallest absolute Gasteiger partial charge is 0.127 e. The summed E-state index contributed by atoms with van der Waals surface area (Å²) >= 11 is 0. The Morgan fingerprint density at radius 1 is 1.12 bits per heavy atom. The first-order valence-electron chi connectivity index (χ1n) is 9.59. The van der Waals surface area contributed by atoms with Crippen molar-refractivity contribution in [2.45, 2.75) is 70.1 Å². The minimum atomic E-state index is -0.496. The number of aliphatic hydroxyl groups excluding tert-OH is 1. The zero-order valence-electron chi connectivity index (χ0n) is 15.7. The van der Waals surface area contributed by atoms with Crippen LogP contribution in [0.25, 0.3) is 0 Å². The van der Waals surface area contributed by atoms with Gasteiger partial charge in [0.1, 0.15) is 6.23 Å². The van der Waals surface area contributed by atoms with Crippen molar-refractivity contribution in [3.8, 4) is 0 Å². The molecule has 2 unspecified atom stereocenters. The molecule has 0 heterocycles. The Morgan fingerprint density at radius 2 is 1.84 bits per heavy atom. The zero-order valence-corrected chi connectivity index (χ0v) is 15.7. The predicted octanol–water partition coefficient (Wildman–Crippen LogP) is 6.05. The molecule has 138 valence electrons. The summed E-state index contributed by atoms with van der Waals surface area (Å²) in [5.74, 6) is 0. The fourth-order valence-corrected chi connectivity index (χ4v) is 3.13. The van der Waals surface area contributed by atoms with Crippen molar-refractivity contribution in [2.75, 3.05) is 0 Å². The molecule has 0 aromatic heterocycles. The van der Waals surface area contributed by atoms with Gasteiger partial charge < -0.3 is 10.0 Å². The largest absolute Gasteiger partial charge is 0.374 e. The summed E-state index contributed by atoms with van der Waals surface area (Å²) in [6.45, 7) is 11.6. The molecule has 0 aromatic rings. The molecule has 0 spiro atoms. The van der Waals surface area contributed by atoms with Gasteiger partial charge in [0, 0.05) is 5.70 Å². The Kier molecular flexibility index (Phi) is 11.5. The van der Waals surface area contributed by atoms with Gasteiger partial charge in [-0.25, -0.2) is 0 Å². The lowest BCUT2D eigenvalue weighted by molar-refractivity contribution is 0.00717. The summed E-state index contributed by atoms with van der Waals surface area (Å²) in [4.78, 5) is 2.03. The summed E-state index contributed by atoms with van der Waals surface area (Å²) in [6, 6.07) is 0.167. The van der Waals surface area contributed by atoms with Crippen LogP contribution in [0.4, 0.5) is 0 Å². The van der Waals surface area contributed by atoms with Crippen LogP contribution in [0.1, 0.15) is 57.8 Å². The molecule has 0 saturated heterocycles. The predicted molar refractivity (Wildman–Crippen MR) is 110 cm³/mol. The second-order valence-electron chi connectivity index (χ2n) is 6.58. The van der Waals surface area contributed by atoms with E-state index in [9.17, 15) is 5.11 Å². The minimum Gasteiger partial charge on any atom is -0.374 e. The Labute approximate surface area is 154 Å². The van der Waals surface area contributed by atoms with E-state index < -0.39 is 6.23 Å². The Morgan fingerprint density at radius 3 is 2.48 bits per heavy atom. The number of hydrogen-bond acceptors (Lipinski definition) is 2. The highest BCUT2D eigenvalue weighted by Gasteiger charge is 2.23. The van der Waals surface area contributed by atoms with Crippen LogP contribution in [0, 0.1) is 0 Å². The maximum Gasteiger partial charge on any atom is 0.127 e. The van der Waals surface area contributed by atoms with Gasteiger partial charge in [-0.1, -0.05) is 81.4 Å². The molecule has 0 radical (unpaired) electrons. The fourth-order valence-electron chi connectivity index (χ4n) is 3.13. The van der Waals surface area contributed by atoms with Gasteiger partial charge in [-0.3, -0.25) is 0 Å². The van der Waals surface area contributed by atoms with E-state index in [1.165, 1.54) is 32.1 Å². The lowest BCUT2D eigenvalue weighted by atomic mass is 10.0. The third-order valence-corrected chi connectivity index (χ3v) is 4.51. The number of aliphatic hydroxyl groups is 1. The minimum absolute atomic E-state index is 0.167. The normalized spacial score (nSPS) is 17.6. The summed E-state index contributed by atoms with van der Waals surface area (Å²) in [6.07, 6.45) is 25.5. The molecule has 0 amide bonds. The van der Waals surface area contributed by atoms with Gasteiger partial charge in [0.25, 0.3) is 0 Å². The van der Waals surface area contributed by atoms with Gasteiger partial charge in [-0.05, 0) is 38.2 Å². The third kappa shape index (κ3) is 8.74. The van der Waals surface area contributed by atoms with E-state index in [0.717, 1.165) is 31.4 Å². The maximum atomic E-state index is 10.7. The van der Waals surface area contributed by atoms with Crippen molar-refractivity contribution in [3.05, 3.63) is 74.0 Å². The molecule has 25 heavy (non-hydrogen) atoms. The number of allylic oxidation sites excluding steroid dienone is 6. The van der Waals surface area contributed by atoms with Crippen LogP contribution in [0.3, 0.4) is 0 Å². The SMILES string of the molecule is C=C/C=C\C(=C)N(C(O)CCCCCCCCC=C)C1C=CC=CC1. The van der Waals surface area contributed by atoms with Crippen molar-refractivity contribution in [1.29, 1.82) is 0 Å². The summed E-state index contributed by atoms with van der Waals surface area (Å²) < 4.78 is 0. The van der Waals surface area contributed by atoms with Gasteiger partial charge in [-0.15, -0.1) is 6.58 Å². The molecule has 0 aromatic carbocycles. The lowest BCUT2D eigenvalue weighted by Crippen LogP contribution is -2.41. The molecular formula is C23H35NO. The second kappa shape index (κ2) is 13.5. The molecule has 0 saturated carbocycles. The van der Waals surface area contributed by atoms with Crippen LogP contribution in [0.15, 0.2) is 74.0 Å². The zero-order chi connectivity index (χ0) is 18.3. The molecule has 1 N–H and O–H groups in total. The first kappa shape index (κ1) is 21.2. The molecule has 0 fully saturated rings. The Balaban J connectivity index is 2.43. The van der Waals surface area contributed by atoms with Crippen molar-refractivity contribution in [3.63, 3.8) is 0 Å². The second-order valence-corrected chi connectivity index (χ2v) is 6.58. The highest BCUT2D eigenvalue weighted by Crippen LogP contribution is 2.22. The van der Waals surface area contributed by atoms with Crippen LogP contribution in [0.5, 0.6) is 0 Å². The summed E-state index contributed by atoms with van der Waals surface area (Å²) in [5, 5.41) is 10.7. The maximum absolute atomic E-state index is 10.7. The van der Waals surface area contributed by atoms with E-state index in [1.54, 1.807) is 6.08 Å². The number of nitrogens with zero attached hydrogens (tertiary/aromatic N) is 1. The average molecular weight is 342 g/mol. The number of hydrogen-bond donors (Lipinski definition) is 1. The molecule has 2 nitrogen and oxygen atoms in total. The average Bonchev–Trinajstić information content (AvgIpc) is 2.63. The monoisotopic (exact) mass is 341 g/mol. The van der Waals surface area contributed by atoms with E-state index in [1.807, 2.05) is 29.2 Å². The van der Waals surface area contributed by atoms with Crippen molar-refractivity contribution in [2.24, 2.45) is 0 Å². The quantitative estimate of drug-likeness (QED) is 0.180. The van der Waals surface area contributed by atoms with Crippen molar-refractivity contribution < 1.29 is 5.11 Å². The van der Waals surface area contributed by atoms with E-state index in [-0.39, 0.29) is 6.04 Å². The summed E-state index contributed by atoms with van der Waals surface area (Å²) in [7, 11) is 0. The number of unbranched alkanes of at least 4 members (excludes halogenated alkanes) is 6.